The predicted molar refractivity (Wildman–Crippen MR) is 115 cm³/mol. The van der Waals surface area contributed by atoms with Crippen molar-refractivity contribution >= 4 is 23.1 Å². The number of hydrogen-bond acceptors (Lipinski definition) is 7. The number of thioether (sulfide) groups is 1. The van der Waals surface area contributed by atoms with E-state index in [1.807, 2.05) is 32.0 Å². The van der Waals surface area contributed by atoms with Gasteiger partial charge in [-0.3, -0.25) is 0 Å². The Labute approximate surface area is 178 Å². The van der Waals surface area contributed by atoms with Crippen LogP contribution >= 0.6 is 23.1 Å². The molecule has 0 N–H and O–H groups in total. The van der Waals surface area contributed by atoms with Crippen molar-refractivity contribution in [2.45, 2.75) is 37.9 Å². The monoisotopic (exact) mass is 423 g/mol. The van der Waals surface area contributed by atoms with Crippen molar-refractivity contribution in [3.63, 3.8) is 0 Å². The summed E-state index contributed by atoms with van der Waals surface area (Å²) in [6.07, 6.45) is 0.858. The summed E-state index contributed by atoms with van der Waals surface area (Å²) in [6.45, 7) is 4.32. The number of benzene rings is 2. The molecule has 0 atom stereocenters. The first kappa shape index (κ1) is 19.7. The number of rotatable bonds is 8. The zero-order valence-corrected chi connectivity index (χ0v) is 17.9. The van der Waals surface area contributed by atoms with E-state index in [1.165, 1.54) is 17.3 Å². The second-order valence-corrected chi connectivity index (χ2v) is 8.57. The lowest BCUT2D eigenvalue weighted by Crippen LogP contribution is -1.97. The van der Waals surface area contributed by atoms with E-state index in [0.717, 1.165) is 34.0 Å². The Morgan fingerprint density at radius 2 is 1.93 bits per heavy atom. The molecule has 5 nitrogen and oxygen atoms in total. The summed E-state index contributed by atoms with van der Waals surface area (Å²) >= 11 is 3.17. The molecule has 148 valence electrons. The highest BCUT2D eigenvalue weighted by molar-refractivity contribution is 7.98. The van der Waals surface area contributed by atoms with Crippen molar-refractivity contribution in [3.05, 3.63) is 87.2 Å². The molecule has 0 saturated carbocycles. The second-order valence-electron chi connectivity index (χ2n) is 6.70. The maximum Gasteiger partial charge on any atom is 0.277 e. The molecule has 0 radical (unpaired) electrons. The summed E-state index contributed by atoms with van der Waals surface area (Å²) in [6, 6.07) is 16.5. The van der Waals surface area contributed by atoms with Gasteiger partial charge < -0.3 is 9.15 Å². The number of aryl methyl sites for hydroxylation is 2. The molecule has 7 heteroatoms. The normalized spacial score (nSPS) is 11.0. The summed E-state index contributed by atoms with van der Waals surface area (Å²) in [5.74, 6) is 2.01. The van der Waals surface area contributed by atoms with Gasteiger partial charge in [-0.15, -0.1) is 21.5 Å². The average Bonchev–Trinajstić information content (AvgIpc) is 3.37. The molecule has 2 heterocycles. The zero-order chi connectivity index (χ0) is 20.1. The van der Waals surface area contributed by atoms with Crippen LogP contribution in [0.3, 0.4) is 0 Å². The van der Waals surface area contributed by atoms with Gasteiger partial charge in [-0.2, -0.15) is 0 Å². The van der Waals surface area contributed by atoms with Crippen LogP contribution in [0.1, 0.15) is 33.3 Å². The molecular weight excluding hydrogens is 402 g/mol. The van der Waals surface area contributed by atoms with Gasteiger partial charge in [0.1, 0.15) is 5.75 Å². The first-order chi connectivity index (χ1) is 14.2. The first-order valence-corrected chi connectivity index (χ1v) is 11.1. The lowest BCUT2D eigenvalue weighted by atomic mass is 10.1. The Morgan fingerprint density at radius 1 is 1.07 bits per heavy atom. The van der Waals surface area contributed by atoms with Gasteiger partial charge in [-0.05, 0) is 36.6 Å². The van der Waals surface area contributed by atoms with Crippen LogP contribution in [0.4, 0.5) is 0 Å². The van der Waals surface area contributed by atoms with Crippen LogP contribution < -0.4 is 4.74 Å². The van der Waals surface area contributed by atoms with Crippen molar-refractivity contribution in [3.8, 4) is 5.75 Å². The van der Waals surface area contributed by atoms with Crippen molar-refractivity contribution < 1.29 is 9.15 Å². The van der Waals surface area contributed by atoms with Gasteiger partial charge in [0.2, 0.25) is 0 Å². The summed E-state index contributed by atoms with van der Waals surface area (Å²) in [5.41, 5.74) is 4.53. The van der Waals surface area contributed by atoms with Crippen LogP contribution in [-0.2, 0) is 18.8 Å². The molecule has 0 aliphatic rings. The zero-order valence-electron chi connectivity index (χ0n) is 16.3. The molecule has 4 rings (SSSR count). The van der Waals surface area contributed by atoms with Crippen LogP contribution in [-0.4, -0.2) is 15.2 Å². The lowest BCUT2D eigenvalue weighted by molar-refractivity contribution is 0.250. The van der Waals surface area contributed by atoms with Gasteiger partial charge in [-0.1, -0.05) is 54.2 Å². The molecule has 0 aliphatic heterocycles. The van der Waals surface area contributed by atoms with Crippen LogP contribution in [0.5, 0.6) is 5.75 Å². The molecule has 0 spiro atoms. The van der Waals surface area contributed by atoms with Crippen molar-refractivity contribution in [2.75, 3.05) is 0 Å². The maximum absolute atomic E-state index is 5.82. The molecule has 2 aromatic heterocycles. The molecule has 29 heavy (non-hydrogen) atoms. The van der Waals surface area contributed by atoms with Crippen molar-refractivity contribution in [1.82, 2.24) is 15.2 Å². The minimum atomic E-state index is 0.260. The van der Waals surface area contributed by atoms with Gasteiger partial charge >= 0.3 is 0 Å². The lowest BCUT2D eigenvalue weighted by Gasteiger charge is -2.07. The number of hydrogen-bond donors (Lipinski definition) is 0. The van der Waals surface area contributed by atoms with Crippen LogP contribution in [0.25, 0.3) is 0 Å². The Balaban J connectivity index is 1.29. The highest BCUT2D eigenvalue weighted by atomic mass is 32.2. The molecule has 2 aromatic carbocycles. The van der Waals surface area contributed by atoms with E-state index in [9.17, 15) is 0 Å². The van der Waals surface area contributed by atoms with Crippen LogP contribution in [0, 0.1) is 13.8 Å². The molecule has 0 saturated heterocycles. The number of nitrogens with zero attached hydrogens (tertiary/aromatic N) is 3. The van der Waals surface area contributed by atoms with E-state index in [-0.39, 0.29) is 6.61 Å². The predicted octanol–water partition coefficient (Wildman–Crippen LogP) is 5.61. The SMILES string of the molecule is Cc1ccc(C)c(OCc2nnc(SCc3csc(Cc4ccccc4)n3)o2)c1. The third-order valence-electron chi connectivity index (χ3n) is 4.28. The van der Waals surface area contributed by atoms with E-state index in [4.69, 9.17) is 14.1 Å². The fraction of sp³-hybridized carbons (Fsp3) is 0.227. The Morgan fingerprint density at radius 3 is 2.79 bits per heavy atom. The van der Waals surface area contributed by atoms with E-state index < -0.39 is 0 Å². The standard InChI is InChI=1S/C22H21N3O2S2/c1-15-8-9-16(2)19(10-15)26-12-20-24-25-22(27-20)29-14-18-13-28-21(23-18)11-17-6-4-3-5-7-17/h3-10,13H,11-12,14H2,1-2H3. The summed E-state index contributed by atoms with van der Waals surface area (Å²) in [7, 11) is 0. The molecule has 0 amide bonds. The molecule has 0 aliphatic carbocycles. The van der Waals surface area contributed by atoms with E-state index in [1.54, 1.807) is 11.3 Å². The van der Waals surface area contributed by atoms with Crippen LogP contribution in [0.15, 0.2) is 63.6 Å². The molecular formula is C22H21N3O2S2. The summed E-state index contributed by atoms with van der Waals surface area (Å²) in [5, 5.41) is 11.9. The second kappa shape index (κ2) is 9.24. The largest absolute Gasteiger partial charge is 0.484 e. The molecule has 4 aromatic rings. The third kappa shape index (κ3) is 5.46. The highest BCUT2D eigenvalue weighted by Crippen LogP contribution is 2.25. The van der Waals surface area contributed by atoms with Crippen LogP contribution in [0.2, 0.25) is 0 Å². The average molecular weight is 424 g/mol. The van der Waals surface area contributed by atoms with Gasteiger partial charge in [0.05, 0.1) is 10.7 Å². The van der Waals surface area contributed by atoms with Crippen molar-refractivity contribution in [2.24, 2.45) is 0 Å². The Kier molecular flexibility index (Phi) is 6.27. The number of ether oxygens (including phenoxy) is 1. The first-order valence-electron chi connectivity index (χ1n) is 9.28. The molecule has 0 fully saturated rings. The van der Waals surface area contributed by atoms with E-state index >= 15 is 0 Å². The van der Waals surface area contributed by atoms with Gasteiger partial charge in [0.15, 0.2) is 6.61 Å². The quantitative estimate of drug-likeness (QED) is 0.344. The van der Waals surface area contributed by atoms with E-state index in [2.05, 4.69) is 45.9 Å². The fourth-order valence-corrected chi connectivity index (χ4v) is 4.37. The minimum Gasteiger partial charge on any atom is -0.484 e. The fourth-order valence-electron chi connectivity index (χ4n) is 2.76. The topological polar surface area (TPSA) is 61.0 Å². The molecule has 0 unspecified atom stereocenters. The number of aromatic nitrogens is 3. The van der Waals surface area contributed by atoms with Gasteiger partial charge in [0, 0.05) is 17.6 Å². The molecule has 0 bridgehead atoms. The summed E-state index contributed by atoms with van der Waals surface area (Å²) in [4.78, 5) is 4.70. The third-order valence-corrected chi connectivity index (χ3v) is 6.03. The smallest absolute Gasteiger partial charge is 0.277 e. The van der Waals surface area contributed by atoms with E-state index in [0.29, 0.717) is 16.9 Å². The summed E-state index contributed by atoms with van der Waals surface area (Å²) < 4.78 is 11.5. The van der Waals surface area contributed by atoms with Gasteiger partial charge in [-0.25, -0.2) is 4.98 Å². The highest BCUT2D eigenvalue weighted by Gasteiger charge is 2.10. The van der Waals surface area contributed by atoms with Crippen molar-refractivity contribution in [1.29, 1.82) is 0 Å². The maximum atomic E-state index is 5.82. The minimum absolute atomic E-state index is 0.260. The Hall–Kier alpha value is -2.64. The Bertz CT molecular complexity index is 1080. The number of thiazole rings is 1. The van der Waals surface area contributed by atoms with Gasteiger partial charge in [0.25, 0.3) is 11.1 Å².